The average molecular weight is 415 g/mol. The number of aromatic nitrogens is 2. The highest BCUT2D eigenvalue weighted by Gasteiger charge is 2.33. The molecule has 2 heterocycles. The first-order valence-electron chi connectivity index (χ1n) is 9.49. The predicted octanol–water partition coefficient (Wildman–Crippen LogP) is 2.18. The number of hydrogen-bond donors (Lipinski definition) is 0. The number of nitrogens with zero attached hydrogens (tertiary/aromatic N) is 3. The van der Waals surface area contributed by atoms with E-state index in [0.29, 0.717) is 18.0 Å². The summed E-state index contributed by atoms with van der Waals surface area (Å²) in [5.41, 5.74) is 2.57. The van der Waals surface area contributed by atoms with Crippen LogP contribution in [-0.4, -0.2) is 49.3 Å². The van der Waals surface area contributed by atoms with Gasteiger partial charge in [-0.15, -0.1) is 0 Å². The quantitative estimate of drug-likeness (QED) is 0.636. The van der Waals surface area contributed by atoms with Crippen LogP contribution in [0.5, 0.6) is 5.75 Å². The van der Waals surface area contributed by atoms with E-state index < -0.39 is 11.9 Å². The number of benzene rings is 1. The second kappa shape index (κ2) is 9.45. The molecule has 30 heavy (non-hydrogen) atoms. The van der Waals surface area contributed by atoms with Crippen LogP contribution in [0.3, 0.4) is 0 Å². The first kappa shape index (κ1) is 21.4. The molecule has 0 unspecified atom stereocenters. The monoisotopic (exact) mass is 415 g/mol. The molecule has 0 atom stereocenters. The Morgan fingerprint density at radius 3 is 2.57 bits per heavy atom. The molecule has 0 spiro atoms. The third kappa shape index (κ3) is 4.30. The van der Waals surface area contributed by atoms with Crippen LogP contribution >= 0.6 is 0 Å². The van der Waals surface area contributed by atoms with Crippen LogP contribution in [0.15, 0.2) is 41.7 Å². The molecule has 3 rings (SSSR count). The maximum absolute atomic E-state index is 12.5. The molecule has 1 aliphatic heterocycles. The Kier molecular flexibility index (Phi) is 6.73. The Labute approximate surface area is 174 Å². The van der Waals surface area contributed by atoms with Crippen molar-refractivity contribution >= 4 is 17.6 Å². The van der Waals surface area contributed by atoms with E-state index >= 15 is 0 Å². The second-order valence-electron chi connectivity index (χ2n) is 6.57. The van der Waals surface area contributed by atoms with Crippen molar-refractivity contribution in [1.29, 1.82) is 0 Å². The van der Waals surface area contributed by atoms with Gasteiger partial charge in [0.25, 0.3) is 0 Å². The lowest BCUT2D eigenvalue weighted by Gasteiger charge is -2.32. The SMILES string of the molecule is CCn1cc(COc2ccccc2N2COCC(C(=O)OC)=C2C(=O)OC)c(C)n1. The van der Waals surface area contributed by atoms with E-state index in [9.17, 15) is 9.59 Å². The molecule has 1 aromatic heterocycles. The molecule has 0 N–H and O–H groups in total. The molecular formula is C21H25N3O6. The first-order valence-corrected chi connectivity index (χ1v) is 9.49. The number of carbonyl (C=O) groups is 2. The van der Waals surface area contributed by atoms with Crippen LogP contribution in [-0.2, 0) is 37.0 Å². The zero-order valence-electron chi connectivity index (χ0n) is 17.5. The molecule has 9 heteroatoms. The molecule has 0 saturated heterocycles. The van der Waals surface area contributed by atoms with Gasteiger partial charge in [0.2, 0.25) is 0 Å². The highest BCUT2D eigenvalue weighted by atomic mass is 16.5. The number of esters is 2. The Balaban J connectivity index is 1.95. The largest absolute Gasteiger partial charge is 0.487 e. The summed E-state index contributed by atoms with van der Waals surface area (Å²) in [7, 11) is 2.51. The van der Waals surface area contributed by atoms with Crippen molar-refractivity contribution < 1.29 is 28.5 Å². The summed E-state index contributed by atoms with van der Waals surface area (Å²) in [5.74, 6) is -0.785. The van der Waals surface area contributed by atoms with Gasteiger partial charge in [-0.1, -0.05) is 12.1 Å². The number of para-hydroxylation sites is 2. The molecule has 160 valence electrons. The fraction of sp³-hybridized carbons (Fsp3) is 0.381. The minimum atomic E-state index is -0.659. The number of rotatable bonds is 7. The lowest BCUT2D eigenvalue weighted by molar-refractivity contribution is -0.140. The number of methoxy groups -OCH3 is 2. The van der Waals surface area contributed by atoms with E-state index in [4.69, 9.17) is 18.9 Å². The molecule has 0 aliphatic carbocycles. The molecule has 9 nitrogen and oxygen atoms in total. The molecule has 0 fully saturated rings. The summed E-state index contributed by atoms with van der Waals surface area (Å²) in [6.07, 6.45) is 1.94. The molecule has 1 aliphatic rings. The Bertz CT molecular complexity index is 965. The highest BCUT2D eigenvalue weighted by Crippen LogP contribution is 2.34. The van der Waals surface area contributed by atoms with Gasteiger partial charge >= 0.3 is 11.9 Å². The third-order valence-electron chi connectivity index (χ3n) is 4.74. The topological polar surface area (TPSA) is 92.1 Å². The fourth-order valence-electron chi connectivity index (χ4n) is 3.15. The summed E-state index contributed by atoms with van der Waals surface area (Å²) in [4.78, 5) is 26.3. The Hall–Kier alpha value is -3.33. The Morgan fingerprint density at radius 2 is 1.90 bits per heavy atom. The van der Waals surface area contributed by atoms with Gasteiger partial charge in [0.1, 0.15) is 24.8 Å². The van der Waals surface area contributed by atoms with Gasteiger partial charge in [-0.05, 0) is 26.0 Å². The smallest absolute Gasteiger partial charge is 0.355 e. The summed E-state index contributed by atoms with van der Waals surface area (Å²) >= 11 is 0. The standard InChI is InChI=1S/C21H25N3O6/c1-5-23-10-15(14(2)22-23)11-30-18-9-7-6-8-17(18)24-13-29-12-16(20(25)27-3)19(24)21(26)28-4/h6-10H,5,11-13H2,1-4H3. The zero-order chi connectivity index (χ0) is 21.7. The van der Waals surface area contributed by atoms with E-state index in [-0.39, 0.29) is 24.6 Å². The van der Waals surface area contributed by atoms with E-state index in [1.807, 2.05) is 36.9 Å². The third-order valence-corrected chi connectivity index (χ3v) is 4.74. The maximum Gasteiger partial charge on any atom is 0.355 e. The molecule has 0 saturated carbocycles. The van der Waals surface area contributed by atoms with Gasteiger partial charge < -0.3 is 23.8 Å². The van der Waals surface area contributed by atoms with Crippen molar-refractivity contribution in [3.05, 3.63) is 53.0 Å². The number of hydrogen-bond acceptors (Lipinski definition) is 8. The van der Waals surface area contributed by atoms with Gasteiger partial charge in [-0.3, -0.25) is 4.68 Å². The van der Waals surface area contributed by atoms with Crippen molar-refractivity contribution in [2.45, 2.75) is 27.0 Å². The average Bonchev–Trinajstić information content (AvgIpc) is 3.15. The highest BCUT2D eigenvalue weighted by molar-refractivity contribution is 6.03. The van der Waals surface area contributed by atoms with E-state index in [1.165, 1.54) is 14.2 Å². The molecule has 0 amide bonds. The summed E-state index contributed by atoms with van der Waals surface area (Å²) in [6.45, 7) is 5.02. The molecule has 2 aromatic rings. The van der Waals surface area contributed by atoms with E-state index in [2.05, 4.69) is 5.10 Å². The summed E-state index contributed by atoms with van der Waals surface area (Å²) in [6, 6.07) is 7.21. The van der Waals surface area contributed by atoms with Crippen LogP contribution in [0.1, 0.15) is 18.2 Å². The molecular weight excluding hydrogens is 390 g/mol. The van der Waals surface area contributed by atoms with Crippen LogP contribution in [0.4, 0.5) is 5.69 Å². The van der Waals surface area contributed by atoms with E-state index in [1.54, 1.807) is 17.0 Å². The van der Waals surface area contributed by atoms with Crippen LogP contribution in [0, 0.1) is 6.92 Å². The zero-order valence-corrected chi connectivity index (χ0v) is 17.5. The van der Waals surface area contributed by atoms with Gasteiger partial charge in [-0.25, -0.2) is 9.59 Å². The van der Waals surface area contributed by atoms with Gasteiger partial charge in [0, 0.05) is 18.3 Å². The predicted molar refractivity (Wildman–Crippen MR) is 108 cm³/mol. The second-order valence-corrected chi connectivity index (χ2v) is 6.57. The van der Waals surface area contributed by atoms with Crippen LogP contribution in [0.2, 0.25) is 0 Å². The van der Waals surface area contributed by atoms with Crippen molar-refractivity contribution in [3.8, 4) is 5.75 Å². The minimum absolute atomic E-state index is 0.0496. The number of anilines is 1. The summed E-state index contributed by atoms with van der Waals surface area (Å²) in [5, 5.41) is 4.42. The minimum Gasteiger partial charge on any atom is -0.487 e. The normalized spacial score (nSPS) is 13.9. The van der Waals surface area contributed by atoms with Gasteiger partial charge in [-0.2, -0.15) is 5.10 Å². The first-order chi connectivity index (χ1) is 14.5. The van der Waals surface area contributed by atoms with E-state index in [0.717, 1.165) is 17.8 Å². The van der Waals surface area contributed by atoms with Gasteiger partial charge in [0.05, 0.1) is 37.8 Å². The van der Waals surface area contributed by atoms with Crippen molar-refractivity contribution in [1.82, 2.24) is 9.78 Å². The van der Waals surface area contributed by atoms with Crippen molar-refractivity contribution in [2.75, 3.05) is 32.5 Å². The number of aryl methyl sites for hydroxylation is 2. The lowest BCUT2D eigenvalue weighted by atomic mass is 10.1. The fourth-order valence-corrected chi connectivity index (χ4v) is 3.15. The Morgan fingerprint density at radius 1 is 1.17 bits per heavy atom. The molecule has 0 bridgehead atoms. The molecule has 0 radical (unpaired) electrons. The summed E-state index contributed by atoms with van der Waals surface area (Å²) < 4.78 is 23.2. The molecule has 1 aromatic carbocycles. The van der Waals surface area contributed by atoms with Crippen LogP contribution in [0.25, 0.3) is 0 Å². The number of carbonyl (C=O) groups excluding carboxylic acids is 2. The van der Waals surface area contributed by atoms with Crippen molar-refractivity contribution in [2.24, 2.45) is 0 Å². The maximum atomic E-state index is 12.5. The lowest BCUT2D eigenvalue weighted by Crippen LogP contribution is -2.39. The van der Waals surface area contributed by atoms with Crippen molar-refractivity contribution in [3.63, 3.8) is 0 Å². The number of ether oxygens (including phenoxy) is 4. The van der Waals surface area contributed by atoms with Gasteiger partial charge in [0.15, 0.2) is 0 Å². The van der Waals surface area contributed by atoms with Crippen LogP contribution < -0.4 is 9.64 Å².